The van der Waals surface area contributed by atoms with E-state index in [0.29, 0.717) is 33.2 Å². The minimum absolute atomic E-state index is 0.154. The maximum Gasteiger partial charge on any atom is 0.258 e. The van der Waals surface area contributed by atoms with Crippen LogP contribution in [0.25, 0.3) is 10.9 Å². The molecule has 0 bridgehead atoms. The average molecular weight is 317 g/mol. The van der Waals surface area contributed by atoms with Crippen molar-refractivity contribution in [1.82, 2.24) is 9.97 Å². The van der Waals surface area contributed by atoms with Gasteiger partial charge in [0.05, 0.1) is 18.0 Å². The Morgan fingerprint density at radius 2 is 2.00 bits per heavy atom. The van der Waals surface area contributed by atoms with Crippen molar-refractivity contribution >= 4 is 22.5 Å². The van der Waals surface area contributed by atoms with Crippen LogP contribution < -0.4 is 15.0 Å². The third kappa shape index (κ3) is 3.04. The number of halogens is 1. The minimum atomic E-state index is -0.239. The number of ether oxygens (including phenoxy) is 2. The molecule has 0 aliphatic rings. The van der Waals surface area contributed by atoms with Crippen LogP contribution >= 0.6 is 11.6 Å². The van der Waals surface area contributed by atoms with Crippen LogP contribution in [0, 0.1) is 0 Å². The first-order chi connectivity index (χ1) is 10.7. The molecule has 1 aromatic heterocycles. The number of benzene rings is 2. The summed E-state index contributed by atoms with van der Waals surface area (Å²) in [5.41, 5.74) is 0.342. The Hall–Kier alpha value is -2.53. The van der Waals surface area contributed by atoms with Crippen molar-refractivity contribution in [2.75, 3.05) is 7.11 Å². The molecule has 0 fully saturated rings. The maximum absolute atomic E-state index is 12.0. The first-order valence-corrected chi connectivity index (χ1v) is 6.99. The van der Waals surface area contributed by atoms with Gasteiger partial charge in [-0.15, -0.1) is 0 Å². The molecule has 3 rings (SSSR count). The summed E-state index contributed by atoms with van der Waals surface area (Å²) in [5, 5.41) is 0.956. The molecule has 3 aromatic rings. The molecule has 22 heavy (non-hydrogen) atoms. The van der Waals surface area contributed by atoms with Crippen LogP contribution in [0.1, 0.15) is 5.82 Å². The van der Waals surface area contributed by atoms with Gasteiger partial charge in [0.2, 0.25) is 0 Å². The van der Waals surface area contributed by atoms with E-state index in [9.17, 15) is 4.79 Å². The highest BCUT2D eigenvalue weighted by Gasteiger charge is 2.06. The number of hydrogen-bond acceptors (Lipinski definition) is 4. The van der Waals surface area contributed by atoms with E-state index in [1.54, 1.807) is 37.4 Å². The van der Waals surface area contributed by atoms with Crippen LogP contribution in [-0.2, 0) is 6.61 Å². The number of nitrogens with zero attached hydrogens (tertiary/aromatic N) is 1. The van der Waals surface area contributed by atoms with Gasteiger partial charge in [-0.2, -0.15) is 0 Å². The monoisotopic (exact) mass is 316 g/mol. The molecule has 0 atom stereocenters. The smallest absolute Gasteiger partial charge is 0.258 e. The molecule has 1 heterocycles. The van der Waals surface area contributed by atoms with E-state index in [1.807, 2.05) is 12.1 Å². The van der Waals surface area contributed by atoms with Gasteiger partial charge in [-0.05, 0) is 30.3 Å². The van der Waals surface area contributed by atoms with Gasteiger partial charge in [-0.3, -0.25) is 4.79 Å². The minimum Gasteiger partial charge on any atom is -0.497 e. The first-order valence-electron chi connectivity index (χ1n) is 6.61. The highest BCUT2D eigenvalue weighted by atomic mass is 35.5. The number of aromatic nitrogens is 2. The Morgan fingerprint density at radius 1 is 1.18 bits per heavy atom. The van der Waals surface area contributed by atoms with E-state index in [1.165, 1.54) is 0 Å². The van der Waals surface area contributed by atoms with Crippen molar-refractivity contribution in [2.24, 2.45) is 0 Å². The molecule has 0 aliphatic carbocycles. The van der Waals surface area contributed by atoms with Crippen molar-refractivity contribution in [1.29, 1.82) is 0 Å². The summed E-state index contributed by atoms with van der Waals surface area (Å²) >= 11 is 5.88. The molecule has 0 saturated heterocycles. The summed E-state index contributed by atoms with van der Waals surface area (Å²) in [6.07, 6.45) is 0. The lowest BCUT2D eigenvalue weighted by Gasteiger charge is -2.08. The van der Waals surface area contributed by atoms with Crippen LogP contribution in [0.4, 0.5) is 0 Å². The van der Waals surface area contributed by atoms with E-state index < -0.39 is 0 Å². The van der Waals surface area contributed by atoms with Crippen LogP contribution in [0.3, 0.4) is 0 Å². The zero-order valence-electron chi connectivity index (χ0n) is 11.8. The third-order valence-electron chi connectivity index (χ3n) is 3.13. The number of methoxy groups -OCH3 is 1. The van der Waals surface area contributed by atoms with E-state index >= 15 is 0 Å². The first kappa shape index (κ1) is 14.4. The Labute approximate surface area is 131 Å². The van der Waals surface area contributed by atoms with Gasteiger partial charge in [0.1, 0.15) is 23.9 Å². The molecule has 0 radical (unpaired) electrons. The Kier molecular flexibility index (Phi) is 3.98. The summed E-state index contributed by atoms with van der Waals surface area (Å²) in [6, 6.07) is 12.2. The second-order valence-electron chi connectivity index (χ2n) is 4.64. The summed E-state index contributed by atoms with van der Waals surface area (Å²) in [7, 11) is 1.59. The van der Waals surface area contributed by atoms with Gasteiger partial charge < -0.3 is 14.5 Å². The number of aromatic amines is 1. The van der Waals surface area contributed by atoms with E-state index in [2.05, 4.69) is 9.97 Å². The van der Waals surface area contributed by atoms with Crippen LogP contribution in [0.15, 0.2) is 47.3 Å². The number of H-pyrrole nitrogens is 1. The van der Waals surface area contributed by atoms with Crippen molar-refractivity contribution in [3.63, 3.8) is 0 Å². The molecular weight excluding hydrogens is 304 g/mol. The zero-order chi connectivity index (χ0) is 15.5. The molecule has 112 valence electrons. The largest absolute Gasteiger partial charge is 0.497 e. The normalized spacial score (nSPS) is 10.6. The molecule has 1 N–H and O–H groups in total. The fourth-order valence-electron chi connectivity index (χ4n) is 2.07. The van der Waals surface area contributed by atoms with E-state index in [-0.39, 0.29) is 12.2 Å². The lowest BCUT2D eigenvalue weighted by atomic mass is 10.2. The van der Waals surface area contributed by atoms with Crippen molar-refractivity contribution < 1.29 is 9.47 Å². The number of hydrogen-bond donors (Lipinski definition) is 1. The molecular formula is C16H13ClN2O3. The SMILES string of the molecule is COc1cccc(OCc2nc3ccc(Cl)cc3c(=O)[nH]2)c1. The van der Waals surface area contributed by atoms with Crippen molar-refractivity contribution in [3.8, 4) is 11.5 Å². The predicted octanol–water partition coefficient (Wildman–Crippen LogP) is 3.16. The highest BCUT2D eigenvalue weighted by Crippen LogP contribution is 2.20. The van der Waals surface area contributed by atoms with Gasteiger partial charge in [-0.25, -0.2) is 4.98 Å². The second kappa shape index (κ2) is 6.07. The Bertz CT molecular complexity index is 877. The Morgan fingerprint density at radius 3 is 2.82 bits per heavy atom. The molecule has 0 unspecified atom stereocenters. The second-order valence-corrected chi connectivity index (χ2v) is 5.08. The van der Waals surface area contributed by atoms with Crippen LogP contribution in [-0.4, -0.2) is 17.1 Å². The van der Waals surface area contributed by atoms with Gasteiger partial charge in [0.15, 0.2) is 0 Å². The van der Waals surface area contributed by atoms with Gasteiger partial charge >= 0.3 is 0 Å². The summed E-state index contributed by atoms with van der Waals surface area (Å²) in [4.78, 5) is 19.1. The summed E-state index contributed by atoms with van der Waals surface area (Å²) in [6.45, 7) is 0.154. The summed E-state index contributed by atoms with van der Waals surface area (Å²) in [5.74, 6) is 1.79. The van der Waals surface area contributed by atoms with Gasteiger partial charge in [-0.1, -0.05) is 17.7 Å². The predicted molar refractivity (Wildman–Crippen MR) is 84.7 cm³/mol. The molecule has 2 aromatic carbocycles. The molecule has 0 spiro atoms. The van der Waals surface area contributed by atoms with Crippen LogP contribution in [0.5, 0.6) is 11.5 Å². The maximum atomic E-state index is 12.0. The number of nitrogens with one attached hydrogen (secondary N) is 1. The van der Waals surface area contributed by atoms with Crippen molar-refractivity contribution in [2.45, 2.75) is 6.61 Å². The van der Waals surface area contributed by atoms with Gasteiger partial charge in [0, 0.05) is 11.1 Å². The highest BCUT2D eigenvalue weighted by molar-refractivity contribution is 6.31. The average Bonchev–Trinajstić information content (AvgIpc) is 2.54. The molecule has 0 amide bonds. The standard InChI is InChI=1S/C16H13ClN2O3/c1-21-11-3-2-4-12(8-11)22-9-15-18-14-6-5-10(17)7-13(14)16(20)19-15/h2-8H,9H2,1H3,(H,18,19,20). The van der Waals surface area contributed by atoms with Gasteiger partial charge in [0.25, 0.3) is 5.56 Å². The molecule has 6 heteroatoms. The van der Waals surface area contributed by atoms with Crippen LogP contribution in [0.2, 0.25) is 5.02 Å². The lowest BCUT2D eigenvalue weighted by Crippen LogP contribution is -2.13. The molecule has 0 saturated carbocycles. The number of rotatable bonds is 4. The Balaban J connectivity index is 1.85. The number of fused-ring (bicyclic) bond motifs is 1. The summed E-state index contributed by atoms with van der Waals surface area (Å²) < 4.78 is 10.8. The lowest BCUT2D eigenvalue weighted by molar-refractivity contribution is 0.294. The molecule has 0 aliphatic heterocycles. The molecule has 5 nitrogen and oxygen atoms in total. The fourth-order valence-corrected chi connectivity index (χ4v) is 2.24. The van der Waals surface area contributed by atoms with Crippen molar-refractivity contribution in [3.05, 3.63) is 63.7 Å². The quantitative estimate of drug-likeness (QED) is 0.803. The topological polar surface area (TPSA) is 64.2 Å². The van der Waals surface area contributed by atoms with E-state index in [0.717, 1.165) is 0 Å². The third-order valence-corrected chi connectivity index (χ3v) is 3.37. The van der Waals surface area contributed by atoms with E-state index in [4.69, 9.17) is 21.1 Å². The fraction of sp³-hybridized carbons (Fsp3) is 0.125. The zero-order valence-corrected chi connectivity index (χ0v) is 12.6.